The molecular weight excluding hydrogens is 221 g/mol. The summed E-state index contributed by atoms with van der Waals surface area (Å²) in [6.07, 6.45) is 0. The van der Waals surface area contributed by atoms with E-state index in [0.717, 1.165) is 5.56 Å². The molecule has 3 N–H and O–H groups in total. The number of halogens is 2. The Morgan fingerprint density at radius 1 is 1.29 bits per heavy atom. The Morgan fingerprint density at radius 3 is 2.64 bits per heavy atom. The molecule has 1 aromatic carbocycles. The summed E-state index contributed by atoms with van der Waals surface area (Å²) in [5, 5.41) is 7.62. The van der Waals surface area contributed by atoms with E-state index < -0.39 is 0 Å². The van der Waals surface area contributed by atoms with Crippen molar-refractivity contribution in [1.82, 2.24) is 10.2 Å². The summed E-state index contributed by atoms with van der Waals surface area (Å²) in [6, 6.07) is 7.30. The second-order valence-electron chi connectivity index (χ2n) is 2.81. The van der Waals surface area contributed by atoms with Crippen molar-refractivity contribution in [3.05, 3.63) is 34.3 Å². The van der Waals surface area contributed by atoms with Crippen LogP contribution in [0.2, 0.25) is 10.0 Å². The van der Waals surface area contributed by atoms with E-state index in [9.17, 15) is 0 Å². The third-order valence-corrected chi connectivity index (χ3v) is 2.46. The van der Waals surface area contributed by atoms with Gasteiger partial charge in [-0.25, -0.2) is 0 Å². The lowest BCUT2D eigenvalue weighted by molar-refractivity contribution is 1.10. The van der Waals surface area contributed by atoms with E-state index in [1.807, 2.05) is 12.1 Å². The van der Waals surface area contributed by atoms with E-state index in [4.69, 9.17) is 28.9 Å². The Kier molecular flexibility index (Phi) is 2.35. The SMILES string of the molecule is Nc1n[nH]c(-c2cccc(Cl)c2)c1Cl. The van der Waals surface area contributed by atoms with Crippen molar-refractivity contribution >= 4 is 29.0 Å². The van der Waals surface area contributed by atoms with Gasteiger partial charge in [0.05, 0.1) is 5.69 Å². The van der Waals surface area contributed by atoms with Gasteiger partial charge in [-0.3, -0.25) is 5.10 Å². The maximum absolute atomic E-state index is 5.93. The Labute approximate surface area is 90.8 Å². The number of aromatic nitrogens is 2. The summed E-state index contributed by atoms with van der Waals surface area (Å²) in [5.41, 5.74) is 7.06. The molecule has 0 amide bonds. The first-order valence-corrected chi connectivity index (χ1v) is 4.69. The number of aromatic amines is 1. The van der Waals surface area contributed by atoms with Crippen LogP contribution in [-0.2, 0) is 0 Å². The molecule has 2 aromatic rings. The summed E-state index contributed by atoms with van der Waals surface area (Å²) in [5.74, 6) is 0.293. The molecule has 0 fully saturated rings. The first-order valence-electron chi connectivity index (χ1n) is 3.94. The summed E-state index contributed by atoms with van der Waals surface area (Å²) >= 11 is 11.8. The normalized spacial score (nSPS) is 10.4. The zero-order valence-electron chi connectivity index (χ0n) is 7.09. The van der Waals surface area contributed by atoms with Crippen LogP contribution in [0.3, 0.4) is 0 Å². The van der Waals surface area contributed by atoms with E-state index in [1.54, 1.807) is 12.1 Å². The molecule has 14 heavy (non-hydrogen) atoms. The van der Waals surface area contributed by atoms with Gasteiger partial charge in [0, 0.05) is 10.6 Å². The number of hydrogen-bond acceptors (Lipinski definition) is 2. The van der Waals surface area contributed by atoms with Crippen LogP contribution >= 0.6 is 23.2 Å². The lowest BCUT2D eigenvalue weighted by atomic mass is 10.1. The first-order chi connectivity index (χ1) is 6.68. The van der Waals surface area contributed by atoms with Gasteiger partial charge in [-0.2, -0.15) is 5.10 Å². The number of nitrogens with two attached hydrogens (primary N) is 1. The Balaban J connectivity index is 2.55. The van der Waals surface area contributed by atoms with Crippen LogP contribution in [0.25, 0.3) is 11.3 Å². The molecule has 1 aromatic heterocycles. The largest absolute Gasteiger partial charge is 0.381 e. The molecule has 1 heterocycles. The van der Waals surface area contributed by atoms with Crippen LogP contribution in [0.5, 0.6) is 0 Å². The molecule has 0 atom stereocenters. The number of H-pyrrole nitrogens is 1. The topological polar surface area (TPSA) is 54.7 Å². The standard InChI is InChI=1S/C9H7Cl2N3/c10-6-3-1-2-5(4-6)8-7(11)9(12)14-13-8/h1-4H,(H3,12,13,14). The van der Waals surface area contributed by atoms with Gasteiger partial charge in [0.1, 0.15) is 5.02 Å². The van der Waals surface area contributed by atoms with Crippen molar-refractivity contribution in [3.8, 4) is 11.3 Å². The van der Waals surface area contributed by atoms with E-state index in [0.29, 0.717) is 21.6 Å². The fourth-order valence-electron chi connectivity index (χ4n) is 1.18. The van der Waals surface area contributed by atoms with Gasteiger partial charge in [0.25, 0.3) is 0 Å². The number of anilines is 1. The second-order valence-corrected chi connectivity index (χ2v) is 3.62. The van der Waals surface area contributed by atoms with Crippen LogP contribution in [-0.4, -0.2) is 10.2 Å². The van der Waals surface area contributed by atoms with Crippen molar-refractivity contribution in [1.29, 1.82) is 0 Å². The van der Waals surface area contributed by atoms with Crippen molar-refractivity contribution in [2.24, 2.45) is 0 Å². The fourth-order valence-corrected chi connectivity index (χ4v) is 1.56. The molecule has 5 heteroatoms. The average molecular weight is 228 g/mol. The van der Waals surface area contributed by atoms with Crippen LogP contribution in [0, 0.1) is 0 Å². The molecule has 0 unspecified atom stereocenters. The number of benzene rings is 1. The highest BCUT2D eigenvalue weighted by Crippen LogP contribution is 2.30. The van der Waals surface area contributed by atoms with Gasteiger partial charge in [0.15, 0.2) is 5.82 Å². The lowest BCUT2D eigenvalue weighted by Gasteiger charge is -1.98. The number of nitrogen functional groups attached to an aromatic ring is 1. The summed E-state index contributed by atoms with van der Waals surface area (Å²) in [6.45, 7) is 0. The van der Waals surface area contributed by atoms with Gasteiger partial charge in [-0.15, -0.1) is 0 Å². The van der Waals surface area contributed by atoms with Gasteiger partial charge in [-0.1, -0.05) is 35.3 Å². The quantitative estimate of drug-likeness (QED) is 0.788. The minimum atomic E-state index is 0.293. The second kappa shape index (κ2) is 3.52. The minimum Gasteiger partial charge on any atom is -0.381 e. The predicted octanol–water partition coefficient (Wildman–Crippen LogP) is 2.97. The van der Waals surface area contributed by atoms with Crippen LogP contribution in [0.1, 0.15) is 0 Å². The van der Waals surface area contributed by atoms with E-state index in [-0.39, 0.29) is 0 Å². The third kappa shape index (κ3) is 1.56. The monoisotopic (exact) mass is 227 g/mol. The van der Waals surface area contributed by atoms with E-state index in [2.05, 4.69) is 10.2 Å². The maximum atomic E-state index is 5.93. The molecule has 0 aliphatic heterocycles. The predicted molar refractivity (Wildman–Crippen MR) is 58.5 cm³/mol. The van der Waals surface area contributed by atoms with Crippen molar-refractivity contribution in [2.45, 2.75) is 0 Å². The number of hydrogen-bond donors (Lipinski definition) is 2. The highest BCUT2D eigenvalue weighted by molar-refractivity contribution is 6.35. The smallest absolute Gasteiger partial charge is 0.164 e. The molecular formula is C9H7Cl2N3. The first kappa shape index (κ1) is 9.37. The Hall–Kier alpha value is -1.19. The Bertz CT molecular complexity index is 465. The van der Waals surface area contributed by atoms with Crippen molar-refractivity contribution in [3.63, 3.8) is 0 Å². The zero-order chi connectivity index (χ0) is 10.1. The van der Waals surface area contributed by atoms with E-state index >= 15 is 0 Å². The maximum Gasteiger partial charge on any atom is 0.164 e. The molecule has 0 bridgehead atoms. The number of nitrogens with one attached hydrogen (secondary N) is 1. The molecule has 72 valence electrons. The molecule has 3 nitrogen and oxygen atoms in total. The highest BCUT2D eigenvalue weighted by Gasteiger charge is 2.09. The minimum absolute atomic E-state index is 0.293. The zero-order valence-corrected chi connectivity index (χ0v) is 8.60. The molecule has 0 aliphatic rings. The molecule has 0 aliphatic carbocycles. The summed E-state index contributed by atoms with van der Waals surface area (Å²) < 4.78 is 0. The highest BCUT2D eigenvalue weighted by atomic mass is 35.5. The van der Waals surface area contributed by atoms with Gasteiger partial charge < -0.3 is 5.73 Å². The van der Waals surface area contributed by atoms with Crippen LogP contribution < -0.4 is 5.73 Å². The number of rotatable bonds is 1. The van der Waals surface area contributed by atoms with Gasteiger partial charge in [-0.05, 0) is 12.1 Å². The third-order valence-electron chi connectivity index (χ3n) is 1.85. The van der Waals surface area contributed by atoms with Gasteiger partial charge in [0.2, 0.25) is 0 Å². The van der Waals surface area contributed by atoms with Gasteiger partial charge >= 0.3 is 0 Å². The molecule has 0 radical (unpaired) electrons. The number of nitrogens with zero attached hydrogens (tertiary/aromatic N) is 1. The summed E-state index contributed by atoms with van der Waals surface area (Å²) in [7, 11) is 0. The molecule has 0 spiro atoms. The van der Waals surface area contributed by atoms with E-state index in [1.165, 1.54) is 0 Å². The van der Waals surface area contributed by atoms with Crippen molar-refractivity contribution < 1.29 is 0 Å². The lowest BCUT2D eigenvalue weighted by Crippen LogP contribution is -1.83. The fraction of sp³-hybridized carbons (Fsp3) is 0. The Morgan fingerprint density at radius 2 is 2.07 bits per heavy atom. The van der Waals surface area contributed by atoms with Crippen LogP contribution in [0.4, 0.5) is 5.82 Å². The van der Waals surface area contributed by atoms with Crippen molar-refractivity contribution in [2.75, 3.05) is 5.73 Å². The average Bonchev–Trinajstić information content (AvgIpc) is 2.48. The molecule has 2 rings (SSSR count). The summed E-state index contributed by atoms with van der Waals surface area (Å²) in [4.78, 5) is 0. The van der Waals surface area contributed by atoms with Crippen LogP contribution in [0.15, 0.2) is 24.3 Å². The molecule has 0 saturated carbocycles. The molecule has 0 saturated heterocycles.